The Kier molecular flexibility index (Phi) is 5.87. The van der Waals surface area contributed by atoms with Gasteiger partial charge in [0.1, 0.15) is 6.04 Å². The van der Waals surface area contributed by atoms with Gasteiger partial charge < -0.3 is 11.1 Å². The molecule has 0 aliphatic carbocycles. The topological polar surface area (TPSA) is 72.2 Å². The van der Waals surface area contributed by atoms with Crippen molar-refractivity contribution in [2.45, 2.75) is 18.9 Å². The first-order chi connectivity index (χ1) is 11.3. The Labute approximate surface area is 142 Å². The average Bonchev–Trinajstić information content (AvgIpc) is 2.52. The van der Waals surface area contributed by atoms with Gasteiger partial charge in [-0.3, -0.25) is 9.59 Å². The van der Waals surface area contributed by atoms with Crippen molar-refractivity contribution in [2.75, 3.05) is 0 Å². The fourth-order valence-corrected chi connectivity index (χ4v) is 2.29. The first kappa shape index (κ1) is 17.9. The molecule has 0 aliphatic heterocycles. The van der Waals surface area contributed by atoms with Crippen molar-refractivity contribution in [3.8, 4) is 0 Å². The number of amides is 2. The quantitative estimate of drug-likeness (QED) is 0.837. The first-order valence-corrected chi connectivity index (χ1v) is 7.50. The SMILES string of the molecule is NC(=O)[C@@H](Cc1ccc(Cl)cc1)NC(=O)Cc1ccc(F)c(F)c1. The fraction of sp³-hybridized carbons (Fsp3) is 0.176. The molecule has 2 aromatic carbocycles. The second-order valence-electron chi connectivity index (χ2n) is 5.28. The van der Waals surface area contributed by atoms with Gasteiger partial charge in [-0.05, 0) is 35.4 Å². The Hall–Kier alpha value is -2.47. The van der Waals surface area contributed by atoms with Crippen LogP contribution in [0.4, 0.5) is 8.78 Å². The third kappa shape index (κ3) is 5.03. The van der Waals surface area contributed by atoms with Crippen LogP contribution < -0.4 is 11.1 Å². The normalized spacial score (nSPS) is 11.8. The number of nitrogens with one attached hydrogen (secondary N) is 1. The van der Waals surface area contributed by atoms with Crippen molar-refractivity contribution in [2.24, 2.45) is 5.73 Å². The van der Waals surface area contributed by atoms with Crippen LogP contribution in [0.25, 0.3) is 0 Å². The number of benzene rings is 2. The summed E-state index contributed by atoms with van der Waals surface area (Å²) < 4.78 is 26.0. The molecule has 2 aromatic rings. The van der Waals surface area contributed by atoms with Crippen molar-refractivity contribution in [1.29, 1.82) is 0 Å². The highest BCUT2D eigenvalue weighted by atomic mass is 35.5. The highest BCUT2D eigenvalue weighted by Gasteiger charge is 2.19. The predicted octanol–water partition coefficient (Wildman–Crippen LogP) is 2.37. The van der Waals surface area contributed by atoms with Crippen LogP contribution in [0.1, 0.15) is 11.1 Å². The maximum atomic E-state index is 13.1. The van der Waals surface area contributed by atoms with Crippen molar-refractivity contribution in [3.63, 3.8) is 0 Å². The third-order valence-electron chi connectivity index (χ3n) is 3.38. The summed E-state index contributed by atoms with van der Waals surface area (Å²) >= 11 is 5.79. The first-order valence-electron chi connectivity index (χ1n) is 7.12. The second kappa shape index (κ2) is 7.88. The molecule has 3 N–H and O–H groups in total. The van der Waals surface area contributed by atoms with Gasteiger partial charge in [0, 0.05) is 11.4 Å². The molecule has 0 saturated carbocycles. The van der Waals surface area contributed by atoms with Gasteiger partial charge in [-0.25, -0.2) is 8.78 Å². The Morgan fingerprint density at radius 2 is 1.67 bits per heavy atom. The zero-order valence-electron chi connectivity index (χ0n) is 12.6. The maximum absolute atomic E-state index is 13.1. The molecule has 0 heterocycles. The van der Waals surface area contributed by atoms with E-state index in [9.17, 15) is 18.4 Å². The summed E-state index contributed by atoms with van der Waals surface area (Å²) in [6, 6.07) is 9.04. The molecule has 24 heavy (non-hydrogen) atoms. The van der Waals surface area contributed by atoms with E-state index in [1.165, 1.54) is 6.07 Å². The van der Waals surface area contributed by atoms with Gasteiger partial charge in [0.25, 0.3) is 0 Å². The summed E-state index contributed by atoms with van der Waals surface area (Å²) in [5.74, 6) is -3.23. The van der Waals surface area contributed by atoms with Gasteiger partial charge in [-0.2, -0.15) is 0 Å². The van der Waals surface area contributed by atoms with Gasteiger partial charge in [-0.1, -0.05) is 29.8 Å². The molecular formula is C17H15ClF2N2O2. The zero-order chi connectivity index (χ0) is 17.7. The predicted molar refractivity (Wildman–Crippen MR) is 86.3 cm³/mol. The van der Waals surface area contributed by atoms with E-state index < -0.39 is 29.5 Å². The van der Waals surface area contributed by atoms with Crippen LogP contribution in [0.2, 0.25) is 5.02 Å². The molecule has 7 heteroatoms. The second-order valence-corrected chi connectivity index (χ2v) is 5.71. The summed E-state index contributed by atoms with van der Waals surface area (Å²) in [5.41, 5.74) is 6.38. The molecule has 0 radical (unpaired) electrons. The van der Waals surface area contributed by atoms with Crippen molar-refractivity contribution >= 4 is 23.4 Å². The molecule has 2 rings (SSSR count). The smallest absolute Gasteiger partial charge is 0.240 e. The minimum Gasteiger partial charge on any atom is -0.368 e. The monoisotopic (exact) mass is 352 g/mol. The summed E-state index contributed by atoms with van der Waals surface area (Å²) in [4.78, 5) is 23.5. The Morgan fingerprint density at radius 3 is 2.25 bits per heavy atom. The number of rotatable bonds is 6. The lowest BCUT2D eigenvalue weighted by atomic mass is 10.0. The Balaban J connectivity index is 2.01. The zero-order valence-corrected chi connectivity index (χ0v) is 13.3. The number of hydrogen-bond acceptors (Lipinski definition) is 2. The van der Waals surface area contributed by atoms with Crippen LogP contribution >= 0.6 is 11.6 Å². The molecule has 0 aromatic heterocycles. The summed E-state index contributed by atoms with van der Waals surface area (Å²) in [6.07, 6.45) is 0.0115. The van der Waals surface area contributed by atoms with Crippen LogP contribution in [0.3, 0.4) is 0 Å². The van der Waals surface area contributed by atoms with E-state index in [1.54, 1.807) is 24.3 Å². The molecular weight excluding hydrogens is 338 g/mol. The molecule has 4 nitrogen and oxygen atoms in total. The number of nitrogens with two attached hydrogens (primary N) is 1. The van der Waals surface area contributed by atoms with E-state index in [0.29, 0.717) is 10.6 Å². The third-order valence-corrected chi connectivity index (χ3v) is 3.63. The fourth-order valence-electron chi connectivity index (χ4n) is 2.16. The van der Waals surface area contributed by atoms with E-state index >= 15 is 0 Å². The van der Waals surface area contributed by atoms with E-state index in [0.717, 1.165) is 17.7 Å². The van der Waals surface area contributed by atoms with Gasteiger partial charge in [0.2, 0.25) is 11.8 Å². The minimum atomic E-state index is -1.03. The number of hydrogen-bond donors (Lipinski definition) is 2. The van der Waals surface area contributed by atoms with E-state index in [4.69, 9.17) is 17.3 Å². The summed E-state index contributed by atoms with van der Waals surface area (Å²) in [7, 11) is 0. The molecule has 0 saturated heterocycles. The maximum Gasteiger partial charge on any atom is 0.240 e. The van der Waals surface area contributed by atoms with Crippen LogP contribution in [0, 0.1) is 11.6 Å². The molecule has 0 aliphatic rings. The van der Waals surface area contributed by atoms with E-state index in [2.05, 4.69) is 5.32 Å². The van der Waals surface area contributed by atoms with Gasteiger partial charge in [-0.15, -0.1) is 0 Å². The highest BCUT2D eigenvalue weighted by Crippen LogP contribution is 2.12. The number of carbonyl (C=O) groups excluding carboxylic acids is 2. The molecule has 1 atom stereocenters. The minimum absolute atomic E-state index is 0.193. The van der Waals surface area contributed by atoms with Gasteiger partial charge in [0.15, 0.2) is 11.6 Å². The van der Waals surface area contributed by atoms with Crippen molar-refractivity contribution in [3.05, 3.63) is 70.2 Å². The Morgan fingerprint density at radius 1 is 1.04 bits per heavy atom. The number of carbonyl (C=O) groups is 2. The lowest BCUT2D eigenvalue weighted by molar-refractivity contribution is -0.127. The van der Waals surface area contributed by atoms with Crippen molar-refractivity contribution in [1.82, 2.24) is 5.32 Å². The van der Waals surface area contributed by atoms with Crippen LogP contribution in [0.5, 0.6) is 0 Å². The highest BCUT2D eigenvalue weighted by molar-refractivity contribution is 6.30. The molecule has 2 amide bonds. The van der Waals surface area contributed by atoms with Gasteiger partial charge >= 0.3 is 0 Å². The van der Waals surface area contributed by atoms with E-state index in [-0.39, 0.29) is 12.8 Å². The molecule has 0 spiro atoms. The Bertz CT molecular complexity index is 751. The summed E-state index contributed by atoms with van der Waals surface area (Å²) in [6.45, 7) is 0. The lowest BCUT2D eigenvalue weighted by Gasteiger charge is -2.16. The average molecular weight is 353 g/mol. The largest absolute Gasteiger partial charge is 0.368 e. The molecule has 126 valence electrons. The van der Waals surface area contributed by atoms with E-state index in [1.807, 2.05) is 0 Å². The van der Waals surface area contributed by atoms with Crippen LogP contribution in [0.15, 0.2) is 42.5 Å². The van der Waals surface area contributed by atoms with Crippen LogP contribution in [-0.2, 0) is 22.4 Å². The standard InChI is InChI=1S/C17H15ClF2N2O2/c18-12-4-1-10(2-5-12)8-15(17(21)24)22-16(23)9-11-3-6-13(19)14(20)7-11/h1-7,15H,8-9H2,(H2,21,24)(H,22,23)/t15-/m1/s1. The lowest BCUT2D eigenvalue weighted by Crippen LogP contribution is -2.46. The number of primary amides is 1. The number of halogens is 3. The van der Waals surface area contributed by atoms with Crippen LogP contribution in [-0.4, -0.2) is 17.9 Å². The van der Waals surface area contributed by atoms with Gasteiger partial charge in [0.05, 0.1) is 6.42 Å². The summed E-state index contributed by atoms with van der Waals surface area (Å²) in [5, 5.41) is 3.05. The van der Waals surface area contributed by atoms with Crippen molar-refractivity contribution < 1.29 is 18.4 Å². The molecule has 0 unspecified atom stereocenters. The molecule has 0 bridgehead atoms. The molecule has 0 fully saturated rings.